The van der Waals surface area contributed by atoms with Crippen LogP contribution in [0.25, 0.3) is 16.7 Å². The third-order valence-corrected chi connectivity index (χ3v) is 4.22. The number of hydrogen-bond donors (Lipinski definition) is 1. The van der Waals surface area contributed by atoms with Gasteiger partial charge in [-0.25, -0.2) is 4.98 Å². The van der Waals surface area contributed by atoms with Crippen molar-refractivity contribution in [2.45, 2.75) is 10.9 Å². The van der Waals surface area contributed by atoms with Gasteiger partial charge in [-0.3, -0.25) is 4.57 Å². The Morgan fingerprint density at radius 3 is 3.00 bits per heavy atom. The molecule has 2 N–H and O–H groups in total. The molecule has 18 heavy (non-hydrogen) atoms. The summed E-state index contributed by atoms with van der Waals surface area (Å²) in [6, 6.07) is 14.3. The van der Waals surface area contributed by atoms with E-state index in [1.54, 1.807) is 11.8 Å². The Hall–Kier alpha value is -1.94. The molecule has 1 aliphatic rings. The summed E-state index contributed by atoms with van der Waals surface area (Å²) in [5.74, 6) is 0.934. The molecule has 3 aromatic rings. The number of hydrogen-bond acceptors (Lipinski definition) is 3. The van der Waals surface area contributed by atoms with Gasteiger partial charge in [0.15, 0.2) is 5.16 Å². The minimum absolute atomic E-state index is 0.822. The molecule has 0 radical (unpaired) electrons. The first-order valence-electron chi connectivity index (χ1n) is 5.82. The molecule has 0 saturated heterocycles. The normalized spacial score (nSPS) is 13.3. The number of anilines is 1. The summed E-state index contributed by atoms with van der Waals surface area (Å²) in [4.78, 5) is 4.67. The van der Waals surface area contributed by atoms with E-state index in [1.807, 2.05) is 18.2 Å². The lowest BCUT2D eigenvalue weighted by atomic mass is 10.1. The van der Waals surface area contributed by atoms with E-state index >= 15 is 0 Å². The average Bonchev–Trinajstić information content (AvgIpc) is 2.77. The van der Waals surface area contributed by atoms with Crippen molar-refractivity contribution in [2.75, 3.05) is 5.73 Å². The molecule has 2 heterocycles. The van der Waals surface area contributed by atoms with Gasteiger partial charge in [-0.15, -0.1) is 0 Å². The molecule has 0 aliphatic carbocycles. The van der Waals surface area contributed by atoms with Gasteiger partial charge < -0.3 is 5.73 Å². The van der Waals surface area contributed by atoms with Crippen molar-refractivity contribution in [2.24, 2.45) is 0 Å². The van der Waals surface area contributed by atoms with Gasteiger partial charge in [-0.05, 0) is 35.9 Å². The van der Waals surface area contributed by atoms with Gasteiger partial charge in [-0.1, -0.05) is 23.9 Å². The summed E-state index contributed by atoms with van der Waals surface area (Å²) < 4.78 is 2.22. The second-order valence-corrected chi connectivity index (χ2v) is 5.34. The molecule has 0 saturated carbocycles. The van der Waals surface area contributed by atoms with Crippen molar-refractivity contribution in [3.63, 3.8) is 0 Å². The van der Waals surface area contributed by atoms with Crippen molar-refractivity contribution in [3.05, 3.63) is 48.0 Å². The maximum absolute atomic E-state index is 5.86. The fourth-order valence-corrected chi connectivity index (χ4v) is 3.42. The number of thioether (sulfide) groups is 1. The summed E-state index contributed by atoms with van der Waals surface area (Å²) >= 11 is 1.76. The molecule has 1 aliphatic heterocycles. The highest BCUT2D eigenvalue weighted by atomic mass is 32.2. The van der Waals surface area contributed by atoms with Crippen LogP contribution in [0.5, 0.6) is 0 Å². The summed E-state index contributed by atoms with van der Waals surface area (Å²) in [5, 5.41) is 1.06. The van der Waals surface area contributed by atoms with Gasteiger partial charge in [0, 0.05) is 11.4 Å². The zero-order valence-corrected chi connectivity index (χ0v) is 10.4. The molecule has 0 fully saturated rings. The number of imidazole rings is 1. The third-order valence-electron chi connectivity index (χ3n) is 3.23. The van der Waals surface area contributed by atoms with E-state index < -0.39 is 0 Å². The maximum Gasteiger partial charge on any atom is 0.174 e. The highest BCUT2D eigenvalue weighted by Gasteiger charge is 2.20. The zero-order chi connectivity index (χ0) is 12.1. The molecule has 0 spiro atoms. The van der Waals surface area contributed by atoms with Crippen LogP contribution in [0.15, 0.2) is 47.6 Å². The molecule has 4 rings (SSSR count). The second-order valence-electron chi connectivity index (χ2n) is 4.40. The Labute approximate surface area is 109 Å². The molecule has 0 unspecified atom stereocenters. The van der Waals surface area contributed by atoms with Gasteiger partial charge in [0.2, 0.25) is 0 Å². The monoisotopic (exact) mass is 253 g/mol. The Bertz CT molecular complexity index is 761. The van der Waals surface area contributed by atoms with Crippen molar-refractivity contribution >= 4 is 28.5 Å². The minimum atomic E-state index is 0.822. The predicted octanol–water partition coefficient (Wildman–Crippen LogP) is 3.21. The summed E-state index contributed by atoms with van der Waals surface area (Å²) in [5.41, 5.74) is 11.4. The first-order chi connectivity index (χ1) is 8.83. The number of fused-ring (bicyclic) bond motifs is 5. The number of aromatic nitrogens is 2. The predicted molar refractivity (Wildman–Crippen MR) is 75.0 cm³/mol. The Morgan fingerprint density at radius 1 is 1.17 bits per heavy atom. The van der Waals surface area contributed by atoms with Crippen LogP contribution in [0, 0.1) is 0 Å². The van der Waals surface area contributed by atoms with Gasteiger partial charge in [0.05, 0.1) is 16.7 Å². The molecule has 88 valence electrons. The lowest BCUT2D eigenvalue weighted by Crippen LogP contribution is -2.06. The quantitative estimate of drug-likeness (QED) is 0.626. The molecule has 0 amide bonds. The standard InChI is InChI=1S/C14H11N3S/c15-10-5-6-12-9(7-10)8-18-14-16-11-3-1-2-4-13(11)17(12)14/h1-7H,8,15H2. The van der Waals surface area contributed by atoms with Gasteiger partial charge in [0.1, 0.15) is 0 Å². The topological polar surface area (TPSA) is 43.8 Å². The molecule has 4 heteroatoms. The van der Waals surface area contributed by atoms with Crippen LogP contribution < -0.4 is 5.73 Å². The van der Waals surface area contributed by atoms with E-state index in [0.29, 0.717) is 0 Å². The molecular formula is C14H11N3S. The Morgan fingerprint density at radius 2 is 2.06 bits per heavy atom. The number of benzene rings is 2. The fourth-order valence-electron chi connectivity index (χ4n) is 2.41. The average molecular weight is 253 g/mol. The Balaban J connectivity index is 2.10. The van der Waals surface area contributed by atoms with Gasteiger partial charge in [0.25, 0.3) is 0 Å². The minimum Gasteiger partial charge on any atom is -0.399 e. The highest BCUT2D eigenvalue weighted by Crippen LogP contribution is 2.37. The van der Waals surface area contributed by atoms with Crippen molar-refractivity contribution in [1.82, 2.24) is 9.55 Å². The van der Waals surface area contributed by atoms with Crippen LogP contribution >= 0.6 is 11.8 Å². The van der Waals surface area contributed by atoms with Crippen LogP contribution in [-0.4, -0.2) is 9.55 Å². The van der Waals surface area contributed by atoms with Gasteiger partial charge >= 0.3 is 0 Å². The Kier molecular flexibility index (Phi) is 1.96. The second kappa shape index (κ2) is 3.53. The number of nitrogen functional groups attached to an aromatic ring is 1. The number of para-hydroxylation sites is 2. The molecule has 2 aromatic carbocycles. The number of nitrogens with two attached hydrogens (primary N) is 1. The lowest BCUT2D eigenvalue weighted by molar-refractivity contribution is 0.895. The SMILES string of the molecule is Nc1ccc2c(c1)CSc1nc3ccccc3n1-2. The first-order valence-corrected chi connectivity index (χ1v) is 6.80. The number of rotatable bonds is 0. The molecular weight excluding hydrogens is 242 g/mol. The van der Waals surface area contributed by atoms with Crippen molar-refractivity contribution in [1.29, 1.82) is 0 Å². The largest absolute Gasteiger partial charge is 0.399 e. The van der Waals surface area contributed by atoms with Crippen LogP contribution in [0.1, 0.15) is 5.56 Å². The molecule has 1 aromatic heterocycles. The smallest absolute Gasteiger partial charge is 0.174 e. The van der Waals surface area contributed by atoms with Crippen LogP contribution in [-0.2, 0) is 5.75 Å². The third kappa shape index (κ3) is 1.29. The number of nitrogens with zero attached hydrogens (tertiary/aromatic N) is 2. The fraction of sp³-hybridized carbons (Fsp3) is 0.0714. The maximum atomic E-state index is 5.86. The highest BCUT2D eigenvalue weighted by molar-refractivity contribution is 7.98. The molecule has 0 bridgehead atoms. The molecule has 3 nitrogen and oxygen atoms in total. The van der Waals surface area contributed by atoms with E-state index in [-0.39, 0.29) is 0 Å². The summed E-state index contributed by atoms with van der Waals surface area (Å²) in [6.45, 7) is 0. The van der Waals surface area contributed by atoms with E-state index in [4.69, 9.17) is 5.73 Å². The summed E-state index contributed by atoms with van der Waals surface area (Å²) in [6.07, 6.45) is 0. The van der Waals surface area contributed by atoms with Crippen molar-refractivity contribution in [3.8, 4) is 5.69 Å². The van der Waals surface area contributed by atoms with Crippen molar-refractivity contribution < 1.29 is 0 Å². The van der Waals surface area contributed by atoms with E-state index in [9.17, 15) is 0 Å². The first kappa shape index (κ1) is 10.0. The summed E-state index contributed by atoms with van der Waals surface area (Å²) in [7, 11) is 0. The van der Waals surface area contributed by atoms with Gasteiger partial charge in [-0.2, -0.15) is 0 Å². The lowest BCUT2D eigenvalue weighted by Gasteiger charge is -2.18. The van der Waals surface area contributed by atoms with E-state index in [1.165, 1.54) is 11.3 Å². The van der Waals surface area contributed by atoms with Crippen LogP contribution in [0.3, 0.4) is 0 Å². The van der Waals surface area contributed by atoms with E-state index in [2.05, 4.69) is 33.8 Å². The van der Waals surface area contributed by atoms with E-state index in [0.717, 1.165) is 27.6 Å². The van der Waals surface area contributed by atoms with Crippen LogP contribution in [0.4, 0.5) is 5.69 Å². The molecule has 0 atom stereocenters. The van der Waals surface area contributed by atoms with Crippen LogP contribution in [0.2, 0.25) is 0 Å². The zero-order valence-electron chi connectivity index (χ0n) is 9.63.